The monoisotopic (exact) mass is 275 g/mol. The van der Waals surface area contributed by atoms with E-state index in [1.807, 2.05) is 18.4 Å². The highest BCUT2D eigenvalue weighted by atomic mass is 32.1. The average molecular weight is 275 g/mol. The molecule has 0 amide bonds. The minimum Gasteiger partial charge on any atom is -0.373 e. The van der Waals surface area contributed by atoms with Crippen molar-refractivity contribution in [3.05, 3.63) is 35.2 Å². The first-order valence-corrected chi connectivity index (χ1v) is 7.90. The van der Waals surface area contributed by atoms with Crippen LogP contribution >= 0.6 is 11.3 Å². The van der Waals surface area contributed by atoms with Gasteiger partial charge in [-0.25, -0.2) is 0 Å². The quantitative estimate of drug-likeness (QED) is 0.909. The third-order valence-corrected chi connectivity index (χ3v) is 5.20. The van der Waals surface area contributed by atoms with Crippen LogP contribution in [-0.2, 0) is 4.74 Å². The molecule has 0 aliphatic carbocycles. The highest BCUT2D eigenvalue weighted by Crippen LogP contribution is 2.40. The summed E-state index contributed by atoms with van der Waals surface area (Å²) in [4.78, 5) is 0. The van der Waals surface area contributed by atoms with Gasteiger partial charge in [-0.15, -0.1) is 11.3 Å². The van der Waals surface area contributed by atoms with Crippen molar-refractivity contribution in [2.45, 2.75) is 37.8 Å². The molecule has 102 valence electrons. The molecule has 1 fully saturated rings. The summed E-state index contributed by atoms with van der Waals surface area (Å²) in [7, 11) is 2.04. The van der Waals surface area contributed by atoms with Crippen LogP contribution in [0.3, 0.4) is 0 Å². The number of benzene rings is 1. The molecule has 1 aliphatic heterocycles. The molecule has 0 spiro atoms. The summed E-state index contributed by atoms with van der Waals surface area (Å²) in [5, 5.41) is 7.00. The van der Waals surface area contributed by atoms with Gasteiger partial charge >= 0.3 is 0 Å². The van der Waals surface area contributed by atoms with Crippen molar-refractivity contribution in [3.8, 4) is 0 Å². The van der Waals surface area contributed by atoms with Gasteiger partial charge in [0.15, 0.2) is 0 Å². The molecule has 0 radical (unpaired) electrons. The molecule has 2 nitrogen and oxygen atoms in total. The van der Waals surface area contributed by atoms with Gasteiger partial charge in [0.05, 0.1) is 11.6 Å². The molecule has 0 bridgehead atoms. The van der Waals surface area contributed by atoms with Crippen molar-refractivity contribution < 1.29 is 4.74 Å². The summed E-state index contributed by atoms with van der Waals surface area (Å²) >= 11 is 1.82. The molecule has 19 heavy (non-hydrogen) atoms. The number of likely N-dealkylation sites (N-methyl/N-ethyl adjacent to an activating group) is 1. The molecule has 1 aromatic carbocycles. The van der Waals surface area contributed by atoms with Gasteiger partial charge in [-0.2, -0.15) is 0 Å². The first-order valence-electron chi connectivity index (χ1n) is 7.02. The Morgan fingerprint density at radius 3 is 2.95 bits per heavy atom. The zero-order chi connectivity index (χ0) is 13.3. The molecule has 3 rings (SSSR count). The van der Waals surface area contributed by atoms with E-state index in [0.717, 1.165) is 13.0 Å². The number of ether oxygens (including phenoxy) is 1. The summed E-state index contributed by atoms with van der Waals surface area (Å²) in [6, 6.07) is 9.03. The van der Waals surface area contributed by atoms with Gasteiger partial charge < -0.3 is 10.1 Å². The molecule has 2 atom stereocenters. The minimum atomic E-state index is -0.0920. The maximum atomic E-state index is 6.14. The zero-order valence-corrected chi connectivity index (χ0v) is 12.4. The normalized spacial score (nSPS) is 25.6. The second-order valence-electron chi connectivity index (χ2n) is 5.53. The topological polar surface area (TPSA) is 21.3 Å². The summed E-state index contributed by atoms with van der Waals surface area (Å²) < 4.78 is 7.53. The molecule has 1 aliphatic rings. The highest BCUT2D eigenvalue weighted by Gasteiger charge is 2.37. The van der Waals surface area contributed by atoms with E-state index >= 15 is 0 Å². The maximum Gasteiger partial charge on any atom is 0.0848 e. The van der Waals surface area contributed by atoms with Crippen LogP contribution in [0.1, 0.15) is 37.8 Å². The first-order chi connectivity index (χ1) is 9.24. The van der Waals surface area contributed by atoms with Gasteiger partial charge in [-0.05, 0) is 55.6 Å². The average Bonchev–Trinajstić information content (AvgIpc) is 2.89. The lowest BCUT2D eigenvalue weighted by atomic mass is 9.84. The Morgan fingerprint density at radius 1 is 1.32 bits per heavy atom. The van der Waals surface area contributed by atoms with Crippen LogP contribution in [0.15, 0.2) is 29.6 Å². The van der Waals surface area contributed by atoms with E-state index in [4.69, 9.17) is 4.74 Å². The van der Waals surface area contributed by atoms with Crippen molar-refractivity contribution in [1.82, 2.24) is 5.32 Å². The Labute approximate surface area is 118 Å². The van der Waals surface area contributed by atoms with Crippen LogP contribution in [-0.4, -0.2) is 19.3 Å². The first kappa shape index (κ1) is 13.1. The fraction of sp³-hybridized carbons (Fsp3) is 0.500. The van der Waals surface area contributed by atoms with Crippen molar-refractivity contribution in [2.75, 3.05) is 13.7 Å². The summed E-state index contributed by atoms with van der Waals surface area (Å²) in [6.45, 7) is 3.13. The third kappa shape index (κ3) is 2.31. The number of thiophene rings is 1. The van der Waals surface area contributed by atoms with E-state index in [0.29, 0.717) is 0 Å². The fourth-order valence-corrected chi connectivity index (χ4v) is 4.16. The lowest BCUT2D eigenvalue weighted by molar-refractivity contribution is -0.0881. The molecule has 1 N–H and O–H groups in total. The van der Waals surface area contributed by atoms with Gasteiger partial charge in [-0.1, -0.05) is 18.2 Å². The van der Waals surface area contributed by atoms with Crippen LogP contribution in [0.2, 0.25) is 0 Å². The Morgan fingerprint density at radius 2 is 2.21 bits per heavy atom. The minimum absolute atomic E-state index is 0.0920. The van der Waals surface area contributed by atoms with Crippen molar-refractivity contribution in [2.24, 2.45) is 0 Å². The van der Waals surface area contributed by atoms with E-state index in [-0.39, 0.29) is 11.6 Å². The van der Waals surface area contributed by atoms with Gasteiger partial charge in [0.2, 0.25) is 0 Å². The van der Waals surface area contributed by atoms with Gasteiger partial charge in [-0.3, -0.25) is 0 Å². The number of rotatable bonds is 3. The van der Waals surface area contributed by atoms with E-state index < -0.39 is 0 Å². The lowest BCUT2D eigenvalue weighted by Gasteiger charge is -2.41. The van der Waals surface area contributed by atoms with Crippen LogP contribution in [0.4, 0.5) is 0 Å². The second kappa shape index (κ2) is 5.23. The van der Waals surface area contributed by atoms with E-state index in [1.165, 1.54) is 28.5 Å². The number of hydrogen-bond acceptors (Lipinski definition) is 3. The predicted octanol–water partition coefficient (Wildman–Crippen LogP) is 4.12. The second-order valence-corrected chi connectivity index (χ2v) is 6.44. The van der Waals surface area contributed by atoms with Crippen molar-refractivity contribution in [1.29, 1.82) is 0 Å². The Bertz CT molecular complexity index is 557. The van der Waals surface area contributed by atoms with Gasteiger partial charge in [0.25, 0.3) is 0 Å². The summed E-state index contributed by atoms with van der Waals surface area (Å²) in [5.41, 5.74) is 1.28. The fourth-order valence-electron chi connectivity index (χ4n) is 3.22. The number of nitrogens with one attached hydrogen (secondary N) is 1. The number of hydrogen-bond donors (Lipinski definition) is 1. The number of fused-ring (bicyclic) bond motifs is 1. The SMILES string of the molecule is CNC(c1cccc2ccsc12)C1(C)CCCCO1. The van der Waals surface area contributed by atoms with Crippen molar-refractivity contribution in [3.63, 3.8) is 0 Å². The van der Waals surface area contributed by atoms with Crippen molar-refractivity contribution >= 4 is 21.4 Å². The lowest BCUT2D eigenvalue weighted by Crippen LogP contribution is -2.44. The third-order valence-electron chi connectivity index (χ3n) is 4.22. The molecule has 1 aromatic heterocycles. The molecule has 3 heteroatoms. The highest BCUT2D eigenvalue weighted by molar-refractivity contribution is 7.17. The maximum absolute atomic E-state index is 6.14. The summed E-state index contributed by atoms with van der Waals surface area (Å²) in [6.07, 6.45) is 3.57. The summed E-state index contributed by atoms with van der Waals surface area (Å²) in [5.74, 6) is 0. The molecular weight excluding hydrogens is 254 g/mol. The molecular formula is C16H21NOS. The molecule has 2 heterocycles. The van der Waals surface area contributed by atoms with Gasteiger partial charge in [0, 0.05) is 11.3 Å². The van der Waals surface area contributed by atoms with Crippen LogP contribution in [0, 0.1) is 0 Å². The Hall–Kier alpha value is -0.900. The Kier molecular flexibility index (Phi) is 3.61. The molecule has 1 saturated heterocycles. The van der Waals surface area contributed by atoms with Crippen LogP contribution in [0.25, 0.3) is 10.1 Å². The zero-order valence-electron chi connectivity index (χ0n) is 11.6. The molecule has 0 saturated carbocycles. The van der Waals surface area contributed by atoms with E-state index in [1.54, 1.807) is 0 Å². The smallest absolute Gasteiger partial charge is 0.0848 e. The molecule has 2 unspecified atom stereocenters. The molecule has 2 aromatic rings. The van der Waals surface area contributed by atoms with Crippen LogP contribution in [0.5, 0.6) is 0 Å². The van der Waals surface area contributed by atoms with E-state index in [9.17, 15) is 0 Å². The standard InChI is InChI=1S/C16H21NOS/c1-16(9-3-4-10-18-16)15(17-2)13-7-5-6-12-8-11-19-14(12)13/h5-8,11,15,17H,3-4,9-10H2,1-2H3. The van der Waals surface area contributed by atoms with E-state index in [2.05, 4.69) is 41.9 Å². The largest absolute Gasteiger partial charge is 0.373 e. The predicted molar refractivity (Wildman–Crippen MR) is 81.8 cm³/mol. The Balaban J connectivity index is 2.04. The van der Waals surface area contributed by atoms with Crippen LogP contribution < -0.4 is 5.32 Å². The van der Waals surface area contributed by atoms with Gasteiger partial charge in [0.1, 0.15) is 0 Å².